The lowest BCUT2D eigenvalue weighted by Crippen LogP contribution is -3.00. The molecule has 8 N–H and O–H groups in total. The Bertz CT molecular complexity index is 2140. The van der Waals surface area contributed by atoms with Gasteiger partial charge in [-0.05, 0) is 72.8 Å². The molecule has 0 unspecified atom stereocenters. The highest BCUT2D eigenvalue weighted by atomic mass is 35.5. The number of amides is 2. The molecule has 0 heterocycles. The molecule has 11 nitrogen and oxygen atoms in total. The van der Waals surface area contributed by atoms with Gasteiger partial charge in [0.05, 0.1) is 45.2 Å². The molecule has 0 spiro atoms. The predicted octanol–water partition coefficient (Wildman–Crippen LogP) is -1.29. The number of likely N-dealkylation sites (N-methyl/N-ethyl adjacent to an activating group) is 2. The minimum atomic E-state index is -1.96. The second-order valence-corrected chi connectivity index (χ2v) is 22.1. The van der Waals surface area contributed by atoms with E-state index in [0.717, 1.165) is 12.3 Å². The average Bonchev–Trinajstić information content (AvgIpc) is 3.32. The molecule has 0 saturated heterocycles. The van der Waals surface area contributed by atoms with Crippen molar-refractivity contribution in [3.8, 4) is 0 Å². The normalized spacial score (nSPS) is 10.4. The highest BCUT2D eigenvalue weighted by Gasteiger charge is 2.46. The number of nitrogens with one attached hydrogen (secondary N) is 4. The van der Waals surface area contributed by atoms with Gasteiger partial charge in [-0.3, -0.25) is 20.4 Å². The van der Waals surface area contributed by atoms with Gasteiger partial charge in [0.25, 0.3) is 0 Å². The van der Waals surface area contributed by atoms with Crippen LogP contribution in [-0.4, -0.2) is 99.3 Å². The van der Waals surface area contributed by atoms with Gasteiger partial charge in [0.2, 0.25) is 11.8 Å². The van der Waals surface area contributed by atoms with Crippen molar-refractivity contribution in [3.05, 3.63) is 182 Å². The van der Waals surface area contributed by atoms with Crippen molar-refractivity contribution in [2.75, 3.05) is 65.8 Å². The number of halogens is 4. The van der Waals surface area contributed by atoms with Crippen molar-refractivity contribution in [1.29, 1.82) is 10.8 Å². The van der Waals surface area contributed by atoms with Crippen molar-refractivity contribution in [3.63, 3.8) is 0 Å². The molecule has 358 valence electrons. The van der Waals surface area contributed by atoms with Gasteiger partial charge in [0.15, 0.2) is 11.9 Å². The number of benzene rings is 6. The second-order valence-electron chi connectivity index (χ2n) is 14.9. The van der Waals surface area contributed by atoms with Crippen LogP contribution in [-0.2, 0) is 14.3 Å². The Hall–Kier alpha value is -5.22. The maximum atomic E-state index is 12.4. The van der Waals surface area contributed by atoms with Crippen molar-refractivity contribution in [1.82, 2.24) is 20.4 Å². The van der Waals surface area contributed by atoms with E-state index in [0.29, 0.717) is 26.3 Å². The Morgan fingerprint density at radius 1 is 0.463 bits per heavy atom. The fourth-order valence-corrected chi connectivity index (χ4v) is 15.7. The van der Waals surface area contributed by atoms with Gasteiger partial charge in [-0.1, -0.05) is 109 Å². The van der Waals surface area contributed by atoms with Crippen LogP contribution in [0.25, 0.3) is 0 Å². The van der Waals surface area contributed by atoms with Crippen LogP contribution in [0, 0.1) is 10.8 Å². The van der Waals surface area contributed by atoms with Crippen LogP contribution in [0.4, 0.5) is 0 Å². The molecule has 6 aromatic carbocycles. The van der Waals surface area contributed by atoms with Crippen molar-refractivity contribution in [2.24, 2.45) is 11.5 Å². The van der Waals surface area contributed by atoms with Crippen molar-refractivity contribution >= 4 is 94.9 Å². The molecule has 2 amide bonds. The third-order valence-electron chi connectivity index (χ3n) is 10.7. The summed E-state index contributed by atoms with van der Waals surface area (Å²) in [4.78, 5) is 27.1. The van der Waals surface area contributed by atoms with E-state index in [1.54, 1.807) is 14.1 Å². The number of rotatable bonds is 19. The summed E-state index contributed by atoms with van der Waals surface area (Å²) in [6.45, 7) is 2.08. The van der Waals surface area contributed by atoms with Crippen molar-refractivity contribution in [2.45, 2.75) is 0 Å². The molecule has 6 rings (SSSR count). The van der Waals surface area contributed by atoms with Crippen LogP contribution >= 0.6 is 39.3 Å². The number of carbonyl (C=O) groups is 2. The van der Waals surface area contributed by atoms with E-state index in [9.17, 15) is 9.59 Å². The maximum Gasteiger partial charge on any atom is 0.239 e. The summed E-state index contributed by atoms with van der Waals surface area (Å²) < 4.78 is 5.99. The Morgan fingerprint density at radius 3 is 0.985 bits per heavy atom. The Kier molecular flexibility index (Phi) is 27.6. The van der Waals surface area contributed by atoms with Gasteiger partial charge >= 0.3 is 0 Å². The van der Waals surface area contributed by atoms with Crippen LogP contribution in [0.3, 0.4) is 0 Å². The molecule has 0 aliphatic carbocycles. The molecule has 0 aromatic heterocycles. The monoisotopic (exact) mass is 1020 g/mol. The van der Waals surface area contributed by atoms with E-state index in [2.05, 4.69) is 174 Å². The minimum Gasteiger partial charge on any atom is -1.00 e. The standard InChI is InChI=1S/C26H31N4O2P.C24H27N4OP.4ClH/c1-30(26(27)28)21-25(31)29-17-18-32-19-20-33(22-11-5-2-6-12-22,23-13-7-3-8-14-23)24-15-9-4-10-16-24;1-28(24(25)26)19-23(29)27-17-18-30(20-11-5-2-6-12-20,21-13-7-3-8-14-21)22-15-9-4-10-16-22;;;;/h2-16H,17-21H2,1H3,(H3-,27,28,29,31);2-16H,17-19H2,1H3,(H3-,25,26,27,29);4*1H. The first-order valence-electron chi connectivity index (χ1n) is 20.9. The summed E-state index contributed by atoms with van der Waals surface area (Å²) in [7, 11) is -0.620. The quantitative estimate of drug-likeness (QED) is 0.0254. The second kappa shape index (κ2) is 30.9. The molecular weight excluding hydrogens is 964 g/mol. The summed E-state index contributed by atoms with van der Waals surface area (Å²) in [5.74, 6) is -0.578. The molecule has 0 bridgehead atoms. The molecular formula is C50H62Cl4N8O3P2. The van der Waals surface area contributed by atoms with E-state index in [1.807, 2.05) is 18.2 Å². The molecule has 17 heteroatoms. The molecule has 0 saturated carbocycles. The SMILES string of the molecule is CN(CC(=O)NCCOCC[P+](c1ccccc1)(c1ccccc1)c1ccccc1)C(=N)N.CN(CC(=O)NCC[P+](c1ccccc1)(c1ccccc1)c1ccccc1)C(=N)N.Cl.Cl.[Cl-].[Cl-]. The van der Waals surface area contributed by atoms with Gasteiger partial charge in [0, 0.05) is 20.6 Å². The molecule has 0 atom stereocenters. The number of ether oxygens (including phenoxy) is 1. The largest absolute Gasteiger partial charge is 1.00 e. The summed E-state index contributed by atoms with van der Waals surface area (Å²) >= 11 is 0. The molecule has 0 aliphatic rings. The first-order chi connectivity index (χ1) is 30.6. The third kappa shape index (κ3) is 16.8. The summed E-state index contributed by atoms with van der Waals surface area (Å²) in [6, 6.07) is 63.8. The summed E-state index contributed by atoms with van der Waals surface area (Å²) in [6.07, 6.45) is 1.67. The smallest absolute Gasteiger partial charge is 0.239 e. The zero-order chi connectivity index (χ0) is 44.9. The summed E-state index contributed by atoms with van der Waals surface area (Å²) in [5, 5.41) is 28.5. The molecule has 0 aliphatic heterocycles. The maximum absolute atomic E-state index is 12.4. The Morgan fingerprint density at radius 2 is 0.716 bits per heavy atom. The number of hydrogen-bond acceptors (Lipinski definition) is 5. The lowest BCUT2D eigenvalue weighted by atomic mass is 10.4. The van der Waals surface area contributed by atoms with Gasteiger partial charge in [0.1, 0.15) is 46.4 Å². The van der Waals surface area contributed by atoms with E-state index in [4.69, 9.17) is 27.0 Å². The number of hydrogen-bond donors (Lipinski definition) is 6. The number of nitrogens with two attached hydrogens (primary N) is 2. The molecule has 6 aromatic rings. The van der Waals surface area contributed by atoms with Gasteiger partial charge in [-0.25, -0.2) is 0 Å². The van der Waals surface area contributed by atoms with Crippen molar-refractivity contribution < 1.29 is 39.1 Å². The van der Waals surface area contributed by atoms with Gasteiger partial charge in [-0.2, -0.15) is 0 Å². The molecule has 0 fully saturated rings. The van der Waals surface area contributed by atoms with Crippen LogP contribution < -0.4 is 78.7 Å². The minimum absolute atomic E-state index is 0. The van der Waals surface area contributed by atoms with E-state index in [-0.39, 0.29) is 86.5 Å². The van der Waals surface area contributed by atoms with Crippen LogP contribution in [0.1, 0.15) is 0 Å². The third-order valence-corrected chi connectivity index (χ3v) is 19.5. The Labute approximate surface area is 422 Å². The van der Waals surface area contributed by atoms with Crippen LogP contribution in [0.5, 0.6) is 0 Å². The zero-order valence-corrected chi connectivity index (χ0v) is 42.7. The lowest BCUT2D eigenvalue weighted by molar-refractivity contribution is -0.122. The molecule has 67 heavy (non-hydrogen) atoms. The number of guanidine groups is 2. The molecule has 0 radical (unpaired) electrons. The van der Waals surface area contributed by atoms with Crippen LogP contribution in [0.15, 0.2) is 182 Å². The summed E-state index contributed by atoms with van der Waals surface area (Å²) in [5.41, 5.74) is 10.8. The van der Waals surface area contributed by atoms with E-state index in [1.165, 1.54) is 41.6 Å². The zero-order valence-electron chi connectivity index (χ0n) is 37.7. The first-order valence-corrected chi connectivity index (χ1v) is 24.8. The van der Waals surface area contributed by atoms with Gasteiger partial charge < -0.3 is 61.5 Å². The van der Waals surface area contributed by atoms with Crippen LogP contribution in [0.2, 0.25) is 0 Å². The van der Waals surface area contributed by atoms with Gasteiger partial charge in [-0.15, -0.1) is 24.8 Å². The number of nitrogens with zero attached hydrogens (tertiary/aromatic N) is 2. The lowest BCUT2D eigenvalue weighted by Gasteiger charge is -2.28. The fourth-order valence-electron chi connectivity index (χ4n) is 7.41. The predicted molar refractivity (Wildman–Crippen MR) is 280 cm³/mol. The fraction of sp³-hybridized carbons (Fsp3) is 0.200. The van der Waals surface area contributed by atoms with E-state index >= 15 is 0 Å². The topological polar surface area (TPSA) is 174 Å². The first kappa shape index (κ1) is 59.8. The average molecular weight is 1030 g/mol. The highest BCUT2D eigenvalue weighted by molar-refractivity contribution is 7.96. The number of carbonyl (C=O) groups excluding carboxylic acids is 2. The Balaban J connectivity index is 0.000000635. The highest BCUT2D eigenvalue weighted by Crippen LogP contribution is 2.56. The van der Waals surface area contributed by atoms with E-state index < -0.39 is 14.5 Å².